The number of carbonyl (C=O) groups excluding carboxylic acids is 1. The number of nitrogens with one attached hydrogen (secondary N) is 2. The average Bonchev–Trinajstić information content (AvgIpc) is 2.90. The van der Waals surface area contributed by atoms with E-state index in [1.807, 2.05) is 13.0 Å². The molecule has 1 unspecified atom stereocenters. The lowest BCUT2D eigenvalue weighted by Gasteiger charge is -2.11. The Morgan fingerprint density at radius 1 is 1.55 bits per heavy atom. The molecule has 1 aromatic rings. The van der Waals surface area contributed by atoms with Gasteiger partial charge < -0.3 is 15.2 Å². The molecule has 1 saturated heterocycles. The van der Waals surface area contributed by atoms with E-state index in [0.29, 0.717) is 18.0 Å². The summed E-state index contributed by atoms with van der Waals surface area (Å²) in [6.07, 6.45) is 4.20. The van der Waals surface area contributed by atoms with E-state index in [4.69, 9.17) is 0 Å². The lowest BCUT2D eigenvalue weighted by molar-refractivity contribution is -0.116. The van der Waals surface area contributed by atoms with Gasteiger partial charge in [0.25, 0.3) is 5.56 Å². The minimum absolute atomic E-state index is 0. The van der Waals surface area contributed by atoms with Crippen molar-refractivity contribution in [1.29, 1.82) is 0 Å². The van der Waals surface area contributed by atoms with Gasteiger partial charge in [-0.2, -0.15) is 0 Å². The second-order valence-corrected chi connectivity index (χ2v) is 5.24. The van der Waals surface area contributed by atoms with Gasteiger partial charge >= 0.3 is 0 Å². The zero-order valence-corrected chi connectivity index (χ0v) is 12.8. The first-order valence-corrected chi connectivity index (χ1v) is 6.74. The van der Waals surface area contributed by atoms with E-state index in [1.54, 1.807) is 13.2 Å². The molecule has 0 spiro atoms. The van der Waals surface area contributed by atoms with Crippen LogP contribution in [0.1, 0.15) is 24.8 Å². The lowest BCUT2D eigenvalue weighted by atomic mass is 10.0. The highest BCUT2D eigenvalue weighted by molar-refractivity contribution is 5.91. The Morgan fingerprint density at radius 2 is 2.30 bits per heavy atom. The number of aromatic nitrogens is 1. The molecular formula is C14H22ClN3O2. The van der Waals surface area contributed by atoms with Crippen LogP contribution in [0.3, 0.4) is 0 Å². The first kappa shape index (κ1) is 16.7. The molecule has 112 valence electrons. The summed E-state index contributed by atoms with van der Waals surface area (Å²) in [6, 6.07) is 1.83. The minimum Gasteiger partial charge on any atom is -0.321 e. The quantitative estimate of drug-likeness (QED) is 0.884. The zero-order valence-electron chi connectivity index (χ0n) is 11.9. The van der Waals surface area contributed by atoms with Crippen LogP contribution in [-0.2, 0) is 11.8 Å². The third-order valence-corrected chi connectivity index (χ3v) is 3.68. The third kappa shape index (κ3) is 4.08. The molecule has 2 heterocycles. The van der Waals surface area contributed by atoms with Crippen LogP contribution in [0.2, 0.25) is 0 Å². The van der Waals surface area contributed by atoms with Crippen LogP contribution in [-0.4, -0.2) is 23.6 Å². The first-order chi connectivity index (χ1) is 9.08. The third-order valence-electron chi connectivity index (χ3n) is 3.68. The fourth-order valence-corrected chi connectivity index (χ4v) is 2.37. The van der Waals surface area contributed by atoms with Crippen molar-refractivity contribution in [2.45, 2.75) is 26.2 Å². The second-order valence-electron chi connectivity index (χ2n) is 5.24. The summed E-state index contributed by atoms with van der Waals surface area (Å²) in [7, 11) is 1.68. The number of nitrogens with zero attached hydrogens (tertiary/aromatic N) is 1. The molecule has 2 rings (SSSR count). The van der Waals surface area contributed by atoms with Gasteiger partial charge in [0.1, 0.15) is 5.69 Å². The molecule has 6 heteroatoms. The number of carbonyl (C=O) groups is 1. The average molecular weight is 300 g/mol. The maximum atomic E-state index is 11.9. The maximum absolute atomic E-state index is 11.9. The number of aryl methyl sites for hydroxylation is 2. The molecule has 5 nitrogen and oxygen atoms in total. The molecule has 1 aromatic heterocycles. The predicted molar refractivity (Wildman–Crippen MR) is 82.5 cm³/mol. The first-order valence-electron chi connectivity index (χ1n) is 6.74. The van der Waals surface area contributed by atoms with Crippen molar-refractivity contribution in [3.05, 3.63) is 28.2 Å². The van der Waals surface area contributed by atoms with Crippen LogP contribution < -0.4 is 16.2 Å². The van der Waals surface area contributed by atoms with E-state index in [2.05, 4.69) is 10.6 Å². The van der Waals surface area contributed by atoms with E-state index >= 15 is 0 Å². The van der Waals surface area contributed by atoms with E-state index in [1.165, 1.54) is 4.57 Å². The van der Waals surface area contributed by atoms with Crippen LogP contribution in [0.25, 0.3) is 0 Å². The topological polar surface area (TPSA) is 63.1 Å². The Bertz CT molecular complexity index is 522. The predicted octanol–water partition coefficient (Wildman–Crippen LogP) is 1.44. The van der Waals surface area contributed by atoms with Crippen LogP contribution in [0, 0.1) is 12.8 Å². The standard InChI is InChI=1S/C14H21N3O2.ClH/c1-10-6-8-17(2)14(19)13(10)16-12(18)4-3-11-5-7-15-9-11;/h6,8,11,15H,3-5,7,9H2,1-2H3,(H,16,18);1H. The maximum Gasteiger partial charge on any atom is 0.274 e. The van der Waals surface area contributed by atoms with Gasteiger partial charge in [0.2, 0.25) is 5.91 Å². The molecule has 0 aromatic carbocycles. The summed E-state index contributed by atoms with van der Waals surface area (Å²) in [6.45, 7) is 3.88. The van der Waals surface area contributed by atoms with Crippen molar-refractivity contribution >= 4 is 24.0 Å². The van der Waals surface area contributed by atoms with Crippen molar-refractivity contribution in [3.63, 3.8) is 0 Å². The molecule has 1 fully saturated rings. The normalized spacial score (nSPS) is 17.6. The summed E-state index contributed by atoms with van der Waals surface area (Å²) in [4.78, 5) is 23.8. The fourth-order valence-electron chi connectivity index (χ4n) is 2.37. The molecule has 0 radical (unpaired) electrons. The molecule has 2 N–H and O–H groups in total. The Hall–Kier alpha value is -1.33. The number of amides is 1. The van der Waals surface area contributed by atoms with E-state index in [9.17, 15) is 9.59 Å². The Kier molecular flexibility index (Phi) is 6.23. The van der Waals surface area contributed by atoms with E-state index in [-0.39, 0.29) is 23.9 Å². The highest BCUT2D eigenvalue weighted by Gasteiger charge is 2.16. The molecular weight excluding hydrogens is 278 g/mol. The fraction of sp³-hybridized carbons (Fsp3) is 0.571. The van der Waals surface area contributed by atoms with E-state index in [0.717, 1.165) is 31.5 Å². The van der Waals surface area contributed by atoms with Crippen LogP contribution in [0.5, 0.6) is 0 Å². The summed E-state index contributed by atoms with van der Waals surface area (Å²) in [5, 5.41) is 6.04. The van der Waals surface area contributed by atoms with Crippen LogP contribution >= 0.6 is 12.4 Å². The molecule has 0 bridgehead atoms. The number of hydrogen-bond acceptors (Lipinski definition) is 3. The number of hydrogen-bond donors (Lipinski definition) is 2. The summed E-state index contributed by atoms with van der Waals surface area (Å²) in [5.74, 6) is 0.517. The Labute approximate surface area is 125 Å². The molecule has 1 amide bonds. The highest BCUT2D eigenvalue weighted by atomic mass is 35.5. The smallest absolute Gasteiger partial charge is 0.274 e. The molecule has 1 atom stereocenters. The molecule has 0 aliphatic carbocycles. The highest BCUT2D eigenvalue weighted by Crippen LogP contribution is 2.15. The van der Waals surface area contributed by atoms with Crippen molar-refractivity contribution in [2.75, 3.05) is 18.4 Å². The van der Waals surface area contributed by atoms with Gasteiger partial charge in [-0.25, -0.2) is 0 Å². The SMILES string of the molecule is Cc1ccn(C)c(=O)c1NC(=O)CCC1CCNC1.Cl. The summed E-state index contributed by atoms with van der Waals surface area (Å²) in [5.41, 5.74) is 1.05. The van der Waals surface area contributed by atoms with Gasteiger partial charge in [0, 0.05) is 19.7 Å². The molecule has 1 aliphatic rings. The summed E-state index contributed by atoms with van der Waals surface area (Å²) >= 11 is 0. The minimum atomic E-state index is -0.157. The van der Waals surface area contributed by atoms with Gasteiger partial charge in [0.05, 0.1) is 0 Å². The van der Waals surface area contributed by atoms with Crippen molar-refractivity contribution < 1.29 is 4.79 Å². The number of halogens is 1. The number of rotatable bonds is 4. The van der Waals surface area contributed by atoms with Gasteiger partial charge in [-0.05, 0) is 50.4 Å². The van der Waals surface area contributed by atoms with Gasteiger partial charge in [-0.3, -0.25) is 9.59 Å². The zero-order chi connectivity index (χ0) is 13.8. The molecule has 0 saturated carbocycles. The Morgan fingerprint density at radius 3 is 2.95 bits per heavy atom. The lowest BCUT2D eigenvalue weighted by Crippen LogP contribution is -2.25. The molecule has 20 heavy (non-hydrogen) atoms. The van der Waals surface area contributed by atoms with Gasteiger partial charge in [-0.15, -0.1) is 12.4 Å². The summed E-state index contributed by atoms with van der Waals surface area (Å²) < 4.78 is 1.48. The van der Waals surface area contributed by atoms with Crippen LogP contribution in [0.15, 0.2) is 17.1 Å². The van der Waals surface area contributed by atoms with Crippen molar-refractivity contribution in [2.24, 2.45) is 13.0 Å². The molecule has 1 aliphatic heterocycles. The van der Waals surface area contributed by atoms with Crippen molar-refractivity contribution in [1.82, 2.24) is 9.88 Å². The number of pyridine rings is 1. The van der Waals surface area contributed by atoms with Crippen molar-refractivity contribution in [3.8, 4) is 0 Å². The van der Waals surface area contributed by atoms with Gasteiger partial charge in [-0.1, -0.05) is 0 Å². The largest absolute Gasteiger partial charge is 0.321 e. The van der Waals surface area contributed by atoms with Crippen LogP contribution in [0.4, 0.5) is 5.69 Å². The monoisotopic (exact) mass is 299 g/mol. The number of anilines is 1. The Balaban J connectivity index is 0.00000200. The van der Waals surface area contributed by atoms with Gasteiger partial charge in [0.15, 0.2) is 0 Å². The second kappa shape index (κ2) is 7.45. The van der Waals surface area contributed by atoms with E-state index < -0.39 is 0 Å².